The lowest BCUT2D eigenvalue weighted by Crippen LogP contribution is -2.49. The standard InChI is InChI=1S/C28H31FN2O4/c1-3-19(2)31(28(34)21-7-6-8-21)17-26(32)30(15-20-11-13-23(29)14-12-20)16-22-18-35-25-10-5-4-9-24(25)27(22)33/h4-5,9-14,18-19,21H,3,6-8,15-17H2,1-2H3. The summed E-state index contributed by atoms with van der Waals surface area (Å²) in [6.45, 7) is 4.08. The molecule has 184 valence electrons. The van der Waals surface area contributed by atoms with E-state index < -0.39 is 0 Å². The Hall–Kier alpha value is -3.48. The molecule has 3 aromatic rings. The summed E-state index contributed by atoms with van der Waals surface area (Å²) in [4.78, 5) is 43.0. The van der Waals surface area contributed by atoms with Gasteiger partial charge in [0.2, 0.25) is 11.8 Å². The number of hydrogen-bond acceptors (Lipinski definition) is 4. The van der Waals surface area contributed by atoms with Gasteiger partial charge in [-0.3, -0.25) is 14.4 Å². The summed E-state index contributed by atoms with van der Waals surface area (Å²) in [7, 11) is 0. The zero-order chi connectivity index (χ0) is 24.9. The van der Waals surface area contributed by atoms with Gasteiger partial charge in [-0.2, -0.15) is 0 Å². The van der Waals surface area contributed by atoms with Crippen molar-refractivity contribution in [1.82, 2.24) is 9.80 Å². The number of para-hydroxylation sites is 1. The number of carbonyl (C=O) groups excluding carboxylic acids is 2. The number of amides is 2. The first kappa shape index (κ1) is 24.6. The average molecular weight is 479 g/mol. The molecule has 2 aromatic carbocycles. The highest BCUT2D eigenvalue weighted by molar-refractivity contribution is 5.86. The lowest BCUT2D eigenvalue weighted by atomic mass is 9.84. The molecular weight excluding hydrogens is 447 g/mol. The van der Waals surface area contributed by atoms with Crippen molar-refractivity contribution in [2.24, 2.45) is 5.92 Å². The van der Waals surface area contributed by atoms with Crippen LogP contribution in [0.3, 0.4) is 0 Å². The molecular formula is C28H31FN2O4. The van der Waals surface area contributed by atoms with Crippen LogP contribution in [0, 0.1) is 11.7 Å². The van der Waals surface area contributed by atoms with Crippen LogP contribution in [0.25, 0.3) is 11.0 Å². The van der Waals surface area contributed by atoms with E-state index in [-0.39, 0.29) is 54.7 Å². The van der Waals surface area contributed by atoms with Crippen molar-refractivity contribution in [2.45, 2.75) is 58.7 Å². The van der Waals surface area contributed by atoms with Crippen LogP contribution in [0.2, 0.25) is 0 Å². The third-order valence-electron chi connectivity index (χ3n) is 6.92. The van der Waals surface area contributed by atoms with E-state index in [1.165, 1.54) is 23.3 Å². The summed E-state index contributed by atoms with van der Waals surface area (Å²) < 4.78 is 19.1. The van der Waals surface area contributed by atoms with Gasteiger partial charge in [-0.05, 0) is 56.0 Å². The molecule has 35 heavy (non-hydrogen) atoms. The molecule has 1 heterocycles. The van der Waals surface area contributed by atoms with Crippen molar-refractivity contribution in [3.63, 3.8) is 0 Å². The molecule has 6 nitrogen and oxygen atoms in total. The Morgan fingerprint density at radius 1 is 1.09 bits per heavy atom. The van der Waals surface area contributed by atoms with Crippen LogP contribution in [0.5, 0.6) is 0 Å². The summed E-state index contributed by atoms with van der Waals surface area (Å²) in [5.74, 6) is -0.633. The summed E-state index contributed by atoms with van der Waals surface area (Å²) in [5, 5.41) is 0.445. The SMILES string of the molecule is CCC(C)N(CC(=O)N(Cc1ccc(F)cc1)Cc1coc2ccccc2c1=O)C(=O)C1CCC1. The highest BCUT2D eigenvalue weighted by Crippen LogP contribution is 2.29. The van der Waals surface area contributed by atoms with Gasteiger partial charge in [0.25, 0.3) is 0 Å². The third-order valence-corrected chi connectivity index (χ3v) is 6.92. The predicted molar refractivity (Wildman–Crippen MR) is 132 cm³/mol. The predicted octanol–water partition coefficient (Wildman–Crippen LogP) is 4.89. The van der Waals surface area contributed by atoms with E-state index in [9.17, 15) is 18.8 Å². The molecule has 1 atom stereocenters. The van der Waals surface area contributed by atoms with Crippen LogP contribution in [-0.4, -0.2) is 34.2 Å². The molecule has 1 saturated carbocycles. The van der Waals surface area contributed by atoms with E-state index in [4.69, 9.17) is 4.42 Å². The smallest absolute Gasteiger partial charge is 0.242 e. The van der Waals surface area contributed by atoms with Gasteiger partial charge < -0.3 is 14.2 Å². The van der Waals surface area contributed by atoms with Gasteiger partial charge in [0.15, 0.2) is 5.43 Å². The molecule has 0 spiro atoms. The Bertz CT molecular complexity index is 1250. The highest BCUT2D eigenvalue weighted by atomic mass is 19.1. The third kappa shape index (κ3) is 5.61. The molecule has 0 saturated heterocycles. The Labute approximate surface area is 204 Å². The second-order valence-corrected chi connectivity index (χ2v) is 9.31. The maximum absolute atomic E-state index is 13.6. The first-order chi connectivity index (χ1) is 16.9. The van der Waals surface area contributed by atoms with E-state index in [0.29, 0.717) is 16.5 Å². The zero-order valence-corrected chi connectivity index (χ0v) is 20.2. The lowest BCUT2D eigenvalue weighted by Gasteiger charge is -2.36. The van der Waals surface area contributed by atoms with E-state index in [1.807, 2.05) is 13.8 Å². The molecule has 1 unspecified atom stereocenters. The molecule has 4 rings (SSSR count). The Balaban J connectivity index is 1.62. The number of fused-ring (bicyclic) bond motifs is 1. The van der Waals surface area contributed by atoms with Crippen molar-refractivity contribution in [2.75, 3.05) is 6.54 Å². The number of nitrogens with zero attached hydrogens (tertiary/aromatic N) is 2. The maximum Gasteiger partial charge on any atom is 0.242 e. The Kier molecular flexibility index (Phi) is 7.63. The number of rotatable bonds is 9. The van der Waals surface area contributed by atoms with Crippen LogP contribution < -0.4 is 5.43 Å². The fraction of sp³-hybridized carbons (Fsp3) is 0.393. The number of hydrogen-bond donors (Lipinski definition) is 0. The molecule has 1 aromatic heterocycles. The summed E-state index contributed by atoms with van der Waals surface area (Å²) in [6, 6.07) is 12.8. The van der Waals surface area contributed by atoms with E-state index in [0.717, 1.165) is 31.2 Å². The first-order valence-electron chi connectivity index (χ1n) is 12.2. The normalized spacial score (nSPS) is 14.4. The lowest BCUT2D eigenvalue weighted by molar-refractivity contribution is -0.147. The van der Waals surface area contributed by atoms with Crippen molar-refractivity contribution in [1.29, 1.82) is 0 Å². The zero-order valence-electron chi connectivity index (χ0n) is 20.2. The van der Waals surface area contributed by atoms with Gasteiger partial charge in [-0.15, -0.1) is 0 Å². The fourth-order valence-corrected chi connectivity index (χ4v) is 4.28. The van der Waals surface area contributed by atoms with E-state index in [2.05, 4.69) is 0 Å². The van der Waals surface area contributed by atoms with Crippen LogP contribution in [-0.2, 0) is 22.7 Å². The minimum Gasteiger partial charge on any atom is -0.464 e. The van der Waals surface area contributed by atoms with E-state index in [1.54, 1.807) is 41.3 Å². The van der Waals surface area contributed by atoms with Gasteiger partial charge in [0, 0.05) is 18.5 Å². The molecule has 0 N–H and O–H groups in total. The maximum atomic E-state index is 13.6. The number of halogens is 1. The summed E-state index contributed by atoms with van der Waals surface area (Å²) in [6.07, 6.45) is 4.88. The molecule has 7 heteroatoms. The Morgan fingerprint density at radius 2 is 1.80 bits per heavy atom. The topological polar surface area (TPSA) is 70.8 Å². The quantitative estimate of drug-likeness (QED) is 0.439. The van der Waals surface area contributed by atoms with Crippen molar-refractivity contribution in [3.05, 3.63) is 82.0 Å². The molecule has 2 amide bonds. The second kappa shape index (κ2) is 10.8. The van der Waals surface area contributed by atoms with Crippen LogP contribution in [0.4, 0.5) is 4.39 Å². The highest BCUT2D eigenvalue weighted by Gasteiger charge is 2.33. The Morgan fingerprint density at radius 3 is 2.46 bits per heavy atom. The van der Waals surface area contributed by atoms with Gasteiger partial charge in [0.1, 0.15) is 17.9 Å². The summed E-state index contributed by atoms with van der Waals surface area (Å²) >= 11 is 0. The number of carbonyl (C=O) groups is 2. The van der Waals surface area contributed by atoms with Crippen LogP contribution in [0.1, 0.15) is 50.7 Å². The molecule has 0 radical (unpaired) electrons. The monoisotopic (exact) mass is 478 g/mol. The largest absolute Gasteiger partial charge is 0.464 e. The van der Waals surface area contributed by atoms with Crippen LogP contribution >= 0.6 is 0 Å². The molecule has 1 aliphatic rings. The minimum absolute atomic E-state index is 0.0186. The number of benzene rings is 2. The van der Waals surface area contributed by atoms with Gasteiger partial charge >= 0.3 is 0 Å². The van der Waals surface area contributed by atoms with Gasteiger partial charge in [-0.1, -0.05) is 37.6 Å². The molecule has 1 aliphatic carbocycles. The summed E-state index contributed by atoms with van der Waals surface area (Å²) in [5.41, 5.74) is 1.35. The van der Waals surface area contributed by atoms with Crippen molar-refractivity contribution >= 4 is 22.8 Å². The molecule has 0 aliphatic heterocycles. The molecule has 1 fully saturated rings. The first-order valence-corrected chi connectivity index (χ1v) is 12.2. The van der Waals surface area contributed by atoms with Crippen molar-refractivity contribution < 1.29 is 18.4 Å². The van der Waals surface area contributed by atoms with E-state index >= 15 is 0 Å². The fourth-order valence-electron chi connectivity index (χ4n) is 4.28. The van der Waals surface area contributed by atoms with Gasteiger partial charge in [-0.25, -0.2) is 4.39 Å². The molecule has 0 bridgehead atoms. The van der Waals surface area contributed by atoms with Crippen molar-refractivity contribution in [3.8, 4) is 0 Å². The minimum atomic E-state index is -0.365. The second-order valence-electron chi connectivity index (χ2n) is 9.31. The van der Waals surface area contributed by atoms with Gasteiger partial charge in [0.05, 0.1) is 23.8 Å². The average Bonchev–Trinajstić information content (AvgIpc) is 2.83. The van der Waals surface area contributed by atoms with Crippen LogP contribution in [0.15, 0.2) is 64.0 Å².